The van der Waals surface area contributed by atoms with E-state index in [2.05, 4.69) is 22.5 Å². The second-order valence-corrected chi connectivity index (χ2v) is 6.18. The quantitative estimate of drug-likeness (QED) is 0.343. The van der Waals surface area contributed by atoms with Crippen molar-refractivity contribution in [3.63, 3.8) is 0 Å². The molecule has 118 valence electrons. The molecule has 0 aliphatic carbocycles. The zero-order chi connectivity index (χ0) is 16.3. The van der Waals surface area contributed by atoms with Gasteiger partial charge in [0.05, 0.1) is 15.4 Å². The summed E-state index contributed by atoms with van der Waals surface area (Å²) >= 11 is 8.93. The van der Waals surface area contributed by atoms with E-state index >= 15 is 0 Å². The number of esters is 1. The van der Waals surface area contributed by atoms with E-state index in [1.165, 1.54) is 12.1 Å². The van der Waals surface area contributed by atoms with Crippen molar-refractivity contribution in [3.05, 3.63) is 40.1 Å². The molecule has 0 bridgehead atoms. The maximum atomic E-state index is 13.5. The summed E-state index contributed by atoms with van der Waals surface area (Å²) in [4.78, 5) is 25.2. The Bertz CT molecular complexity index is 615. The highest BCUT2D eigenvalue weighted by molar-refractivity contribution is 9.10. The Kier molecular flexibility index (Phi) is 5.58. The molecule has 0 N–H and O–H groups in total. The average Bonchev–Trinajstić information content (AvgIpc) is 2.52. The molecule has 0 radical (unpaired) electrons. The van der Waals surface area contributed by atoms with E-state index in [0.29, 0.717) is 25.9 Å². The summed E-state index contributed by atoms with van der Waals surface area (Å²) in [6.45, 7) is 4.36. The lowest BCUT2D eigenvalue weighted by atomic mass is 9.97. The highest BCUT2D eigenvalue weighted by Gasteiger charge is 2.28. The Morgan fingerprint density at radius 2 is 2.05 bits per heavy atom. The molecule has 1 aromatic rings. The van der Waals surface area contributed by atoms with Crippen LogP contribution in [0.25, 0.3) is 0 Å². The van der Waals surface area contributed by atoms with Crippen LogP contribution in [0.4, 0.5) is 4.39 Å². The number of hydrogen-bond donors (Lipinski definition) is 0. The fourth-order valence-electron chi connectivity index (χ4n) is 2.24. The lowest BCUT2D eigenvalue weighted by Crippen LogP contribution is -2.40. The molecule has 4 nitrogen and oxygen atoms in total. The molecule has 1 aliphatic rings. The Morgan fingerprint density at radius 3 is 2.64 bits per heavy atom. The van der Waals surface area contributed by atoms with Gasteiger partial charge in [-0.05, 0) is 40.9 Å². The maximum Gasteiger partial charge on any atom is 0.314 e. The smallest absolute Gasteiger partial charge is 0.314 e. The zero-order valence-electron chi connectivity index (χ0n) is 11.7. The van der Waals surface area contributed by atoms with Crippen LogP contribution in [-0.4, -0.2) is 29.9 Å². The summed E-state index contributed by atoms with van der Waals surface area (Å²) in [7, 11) is 0. The third-order valence-electron chi connectivity index (χ3n) is 3.50. The van der Waals surface area contributed by atoms with Crippen LogP contribution < -0.4 is 4.74 Å². The van der Waals surface area contributed by atoms with Crippen LogP contribution in [0.1, 0.15) is 12.8 Å². The van der Waals surface area contributed by atoms with Crippen molar-refractivity contribution in [1.82, 2.24) is 4.90 Å². The lowest BCUT2D eigenvalue weighted by Gasteiger charge is -2.30. The highest BCUT2D eigenvalue weighted by Crippen LogP contribution is 2.31. The molecule has 1 fully saturated rings. The van der Waals surface area contributed by atoms with Gasteiger partial charge < -0.3 is 9.64 Å². The van der Waals surface area contributed by atoms with Gasteiger partial charge in [-0.15, -0.1) is 0 Å². The van der Waals surface area contributed by atoms with Crippen LogP contribution in [0.15, 0.2) is 29.3 Å². The van der Waals surface area contributed by atoms with Crippen molar-refractivity contribution in [2.24, 2.45) is 5.92 Å². The molecule has 1 heterocycles. The van der Waals surface area contributed by atoms with Gasteiger partial charge in [0.25, 0.3) is 0 Å². The number of carbonyl (C=O) groups is 2. The number of nitrogens with zero attached hydrogens (tertiary/aromatic N) is 1. The Morgan fingerprint density at radius 1 is 1.41 bits per heavy atom. The number of benzene rings is 1. The van der Waals surface area contributed by atoms with E-state index in [4.69, 9.17) is 16.3 Å². The Labute approximate surface area is 141 Å². The van der Waals surface area contributed by atoms with Crippen molar-refractivity contribution < 1.29 is 18.7 Å². The predicted octanol–water partition coefficient (Wildman–Crippen LogP) is 3.57. The van der Waals surface area contributed by atoms with Gasteiger partial charge in [0.2, 0.25) is 5.91 Å². The number of piperidine rings is 1. The van der Waals surface area contributed by atoms with Gasteiger partial charge >= 0.3 is 5.97 Å². The third kappa shape index (κ3) is 3.87. The zero-order valence-corrected chi connectivity index (χ0v) is 14.0. The molecule has 22 heavy (non-hydrogen) atoms. The lowest BCUT2D eigenvalue weighted by molar-refractivity contribution is -0.142. The first-order chi connectivity index (χ1) is 10.4. The molecule has 0 unspecified atom stereocenters. The van der Waals surface area contributed by atoms with Gasteiger partial charge in [0, 0.05) is 19.2 Å². The van der Waals surface area contributed by atoms with Gasteiger partial charge in [0.15, 0.2) is 5.75 Å². The molecule has 1 saturated heterocycles. The summed E-state index contributed by atoms with van der Waals surface area (Å²) in [5.74, 6) is -1.51. The molecular formula is C15H14BrClFNO3. The summed E-state index contributed by atoms with van der Waals surface area (Å²) in [6, 6.07) is 2.41. The van der Waals surface area contributed by atoms with Crippen LogP contribution >= 0.6 is 27.5 Å². The first-order valence-corrected chi connectivity index (χ1v) is 7.87. The number of hydrogen-bond acceptors (Lipinski definition) is 3. The second kappa shape index (κ2) is 7.24. The first kappa shape index (κ1) is 17.0. The molecule has 7 heteroatoms. The fourth-order valence-corrected chi connectivity index (χ4v) is 2.92. The molecule has 1 aromatic carbocycles. The van der Waals surface area contributed by atoms with Crippen LogP contribution in [0.3, 0.4) is 0 Å². The highest BCUT2D eigenvalue weighted by atomic mass is 79.9. The summed E-state index contributed by atoms with van der Waals surface area (Å²) in [6.07, 6.45) is 2.24. The van der Waals surface area contributed by atoms with E-state index < -0.39 is 11.8 Å². The van der Waals surface area contributed by atoms with Gasteiger partial charge in [0.1, 0.15) is 5.82 Å². The Balaban J connectivity index is 1.98. The minimum absolute atomic E-state index is 0.00281. The van der Waals surface area contributed by atoms with E-state index in [0.717, 1.165) is 6.07 Å². The van der Waals surface area contributed by atoms with Gasteiger partial charge in [-0.1, -0.05) is 18.2 Å². The standard InChI is InChI=1S/C15H14BrClFNO3/c1-2-14(20)19-5-3-9(4-6-19)15(21)22-13-8-12(18)10(16)7-11(13)17/h2,7-9H,1,3-6H2. The van der Waals surface area contributed by atoms with Crippen molar-refractivity contribution in [1.29, 1.82) is 0 Å². The molecule has 1 amide bonds. The fraction of sp³-hybridized carbons (Fsp3) is 0.333. The number of ether oxygens (including phenoxy) is 1. The topological polar surface area (TPSA) is 46.6 Å². The van der Waals surface area contributed by atoms with Gasteiger partial charge in [-0.2, -0.15) is 0 Å². The van der Waals surface area contributed by atoms with Crippen molar-refractivity contribution in [3.8, 4) is 5.75 Å². The summed E-state index contributed by atoms with van der Waals surface area (Å²) < 4.78 is 18.9. The van der Waals surface area contributed by atoms with Crippen molar-refractivity contribution in [2.75, 3.05) is 13.1 Å². The minimum Gasteiger partial charge on any atom is -0.425 e. The maximum absolute atomic E-state index is 13.5. The SMILES string of the molecule is C=CC(=O)N1CCC(C(=O)Oc2cc(F)c(Br)cc2Cl)CC1. The Hall–Kier alpha value is -1.40. The normalized spacial score (nSPS) is 15.5. The molecular weight excluding hydrogens is 377 g/mol. The van der Waals surface area contributed by atoms with Gasteiger partial charge in [-0.3, -0.25) is 9.59 Å². The molecule has 1 aliphatic heterocycles. The average molecular weight is 391 g/mol. The number of carbonyl (C=O) groups excluding carboxylic acids is 2. The van der Waals surface area contributed by atoms with Gasteiger partial charge in [-0.25, -0.2) is 4.39 Å². The summed E-state index contributed by atoms with van der Waals surface area (Å²) in [5, 5.41) is 0.154. The molecule has 2 rings (SSSR count). The van der Waals surface area contributed by atoms with Crippen molar-refractivity contribution in [2.45, 2.75) is 12.8 Å². The number of likely N-dealkylation sites (tertiary alicyclic amines) is 1. The van der Waals surface area contributed by atoms with Crippen LogP contribution in [0.2, 0.25) is 5.02 Å². The predicted molar refractivity (Wildman–Crippen MR) is 84.2 cm³/mol. The van der Waals surface area contributed by atoms with Crippen molar-refractivity contribution >= 4 is 39.4 Å². The molecule has 0 aromatic heterocycles. The van der Waals surface area contributed by atoms with Crippen LogP contribution in [0.5, 0.6) is 5.75 Å². The monoisotopic (exact) mass is 389 g/mol. The van der Waals surface area contributed by atoms with E-state index in [1.54, 1.807) is 4.90 Å². The number of halogens is 3. The van der Waals surface area contributed by atoms with E-state index in [1.807, 2.05) is 0 Å². The third-order valence-corrected chi connectivity index (χ3v) is 4.40. The largest absolute Gasteiger partial charge is 0.425 e. The number of amides is 1. The number of rotatable bonds is 3. The minimum atomic E-state index is -0.557. The molecule has 0 spiro atoms. The van der Waals surface area contributed by atoms with E-state index in [9.17, 15) is 14.0 Å². The second-order valence-electron chi connectivity index (χ2n) is 4.92. The molecule has 0 saturated carbocycles. The van der Waals surface area contributed by atoms with Crippen LogP contribution in [0, 0.1) is 11.7 Å². The molecule has 0 atom stereocenters. The first-order valence-electron chi connectivity index (χ1n) is 6.70. The van der Waals surface area contributed by atoms with E-state index in [-0.39, 0.29) is 27.1 Å². The van der Waals surface area contributed by atoms with Crippen LogP contribution in [-0.2, 0) is 9.59 Å². The summed E-state index contributed by atoms with van der Waals surface area (Å²) in [5.41, 5.74) is 0.